The van der Waals surface area contributed by atoms with Crippen LogP contribution < -0.4 is 0 Å². The molecule has 24 heavy (non-hydrogen) atoms. The first-order valence-electron chi connectivity index (χ1n) is 10.1. The largest absolute Gasteiger partial charge is 0.462 e. The Labute approximate surface area is 146 Å². The summed E-state index contributed by atoms with van der Waals surface area (Å²) in [6.45, 7) is 6.40. The van der Waals surface area contributed by atoms with Crippen LogP contribution >= 0.6 is 0 Å². The van der Waals surface area contributed by atoms with Gasteiger partial charge in [-0.15, -0.1) is 0 Å². The van der Waals surface area contributed by atoms with Crippen LogP contribution in [0.25, 0.3) is 0 Å². The maximum absolute atomic E-state index is 11.3. The van der Waals surface area contributed by atoms with Crippen molar-refractivity contribution in [1.29, 1.82) is 0 Å². The van der Waals surface area contributed by atoms with Crippen LogP contribution in [0.3, 0.4) is 0 Å². The zero-order valence-electron chi connectivity index (χ0n) is 15.6. The van der Waals surface area contributed by atoms with E-state index in [1.807, 2.05) is 5.57 Å². The van der Waals surface area contributed by atoms with Gasteiger partial charge in [0.05, 0.1) is 0 Å². The highest BCUT2D eigenvalue weighted by Crippen LogP contribution is 2.61. The van der Waals surface area contributed by atoms with Crippen LogP contribution in [0, 0.1) is 23.2 Å². The first kappa shape index (κ1) is 16.4. The highest BCUT2D eigenvalue weighted by atomic mass is 16.5. The first-order valence-corrected chi connectivity index (χ1v) is 10.1. The van der Waals surface area contributed by atoms with E-state index in [1.165, 1.54) is 44.9 Å². The molecule has 2 nitrogen and oxygen atoms in total. The fourth-order valence-electron chi connectivity index (χ4n) is 6.65. The molecule has 0 aromatic carbocycles. The van der Waals surface area contributed by atoms with Crippen LogP contribution in [0.2, 0.25) is 0 Å². The summed E-state index contributed by atoms with van der Waals surface area (Å²) in [6, 6.07) is 0. The van der Waals surface area contributed by atoms with Crippen LogP contribution in [0.1, 0.15) is 78.6 Å². The van der Waals surface area contributed by atoms with Gasteiger partial charge in [0.2, 0.25) is 0 Å². The molecule has 4 rings (SSSR count). The molecule has 132 valence electrons. The molecule has 0 aromatic rings. The second-order valence-electron chi connectivity index (χ2n) is 8.79. The minimum Gasteiger partial charge on any atom is -0.462 e. The number of fused-ring (bicyclic) bond motifs is 5. The Morgan fingerprint density at radius 2 is 2.12 bits per heavy atom. The van der Waals surface area contributed by atoms with Crippen molar-refractivity contribution in [3.63, 3.8) is 0 Å². The number of hydrogen-bond donors (Lipinski definition) is 0. The summed E-state index contributed by atoms with van der Waals surface area (Å²) in [6.07, 6.45) is 13.9. The lowest BCUT2D eigenvalue weighted by Gasteiger charge is -2.54. The van der Waals surface area contributed by atoms with Crippen LogP contribution in [-0.4, -0.2) is 12.1 Å². The summed E-state index contributed by atoms with van der Waals surface area (Å²) < 4.78 is 5.53. The molecular weight excluding hydrogens is 296 g/mol. The lowest BCUT2D eigenvalue weighted by atomic mass is 9.51. The third kappa shape index (κ3) is 2.48. The van der Waals surface area contributed by atoms with Gasteiger partial charge in [-0.2, -0.15) is 0 Å². The molecule has 0 unspecified atom stereocenters. The highest BCUT2D eigenvalue weighted by molar-refractivity contribution is 5.66. The Kier molecular flexibility index (Phi) is 4.13. The fraction of sp³-hybridized carbons (Fsp3) is 0.773. The quantitative estimate of drug-likeness (QED) is 0.488. The molecule has 5 atom stereocenters. The standard InChI is InChI=1S/C22H32O2/c1-4-15-5-7-19-18(15)9-10-21-20(19)8-6-16-13-17(24-14(2)23)11-12-22(16,21)3/h6,17,19-21H,4-5,7-13H2,1-3H3/t17-,19+,20-,21-,22-/m0/s1. The van der Waals surface area contributed by atoms with Crippen molar-refractivity contribution in [2.45, 2.75) is 84.7 Å². The number of carbonyl (C=O) groups is 1. The summed E-state index contributed by atoms with van der Waals surface area (Å²) in [7, 11) is 0. The lowest BCUT2D eigenvalue weighted by Crippen LogP contribution is -2.46. The number of allylic oxidation sites excluding steroid dienone is 3. The predicted molar refractivity (Wildman–Crippen MR) is 96.5 cm³/mol. The van der Waals surface area contributed by atoms with Gasteiger partial charge >= 0.3 is 5.97 Å². The first-order chi connectivity index (χ1) is 11.5. The third-order valence-electron chi connectivity index (χ3n) is 7.80. The van der Waals surface area contributed by atoms with E-state index in [0.717, 1.165) is 30.6 Å². The topological polar surface area (TPSA) is 26.3 Å². The van der Waals surface area contributed by atoms with Gasteiger partial charge < -0.3 is 4.74 Å². The predicted octanol–water partition coefficient (Wildman–Crippen LogP) is 5.58. The number of ether oxygens (including phenoxy) is 1. The van der Waals surface area contributed by atoms with Crippen molar-refractivity contribution in [1.82, 2.24) is 0 Å². The third-order valence-corrected chi connectivity index (χ3v) is 7.80. The Morgan fingerprint density at radius 1 is 1.29 bits per heavy atom. The summed E-state index contributed by atoms with van der Waals surface area (Å²) in [5.41, 5.74) is 5.60. The number of carbonyl (C=O) groups excluding carboxylic acids is 1. The second kappa shape index (κ2) is 6.04. The van der Waals surface area contributed by atoms with Gasteiger partial charge in [0.15, 0.2) is 0 Å². The molecule has 0 aromatic heterocycles. The number of rotatable bonds is 2. The van der Waals surface area contributed by atoms with E-state index >= 15 is 0 Å². The minimum atomic E-state index is -0.122. The average molecular weight is 328 g/mol. The van der Waals surface area contributed by atoms with Gasteiger partial charge in [0.1, 0.15) is 6.10 Å². The molecule has 0 N–H and O–H groups in total. The molecule has 0 saturated heterocycles. The van der Waals surface area contributed by atoms with Crippen molar-refractivity contribution in [2.24, 2.45) is 23.2 Å². The van der Waals surface area contributed by atoms with Crippen molar-refractivity contribution in [3.8, 4) is 0 Å². The molecule has 0 amide bonds. The molecule has 0 aliphatic heterocycles. The van der Waals surface area contributed by atoms with Crippen LogP contribution in [0.15, 0.2) is 22.8 Å². The van der Waals surface area contributed by atoms with Gasteiger partial charge in [-0.3, -0.25) is 4.79 Å². The monoisotopic (exact) mass is 328 g/mol. The number of esters is 1. The molecule has 2 fully saturated rings. The molecule has 0 spiro atoms. The Balaban J connectivity index is 1.58. The van der Waals surface area contributed by atoms with E-state index in [4.69, 9.17) is 4.74 Å². The maximum atomic E-state index is 11.3. The molecule has 2 saturated carbocycles. The Morgan fingerprint density at radius 3 is 2.88 bits per heavy atom. The summed E-state index contributed by atoms with van der Waals surface area (Å²) in [5.74, 6) is 2.47. The van der Waals surface area contributed by atoms with Crippen LogP contribution in [0.4, 0.5) is 0 Å². The smallest absolute Gasteiger partial charge is 0.302 e. The minimum absolute atomic E-state index is 0.121. The SMILES string of the molecule is CCC1=C2CC[C@H]3[C@@H](CC=C4C[C@@H](OC(C)=O)CC[C@@]43C)[C@@H]2CC1. The van der Waals surface area contributed by atoms with Gasteiger partial charge in [-0.25, -0.2) is 0 Å². The van der Waals surface area contributed by atoms with E-state index in [2.05, 4.69) is 19.9 Å². The summed E-state index contributed by atoms with van der Waals surface area (Å²) in [5, 5.41) is 0. The molecule has 0 bridgehead atoms. The Bertz CT molecular complexity index is 599. The molecule has 4 aliphatic rings. The van der Waals surface area contributed by atoms with Crippen LogP contribution in [0.5, 0.6) is 0 Å². The van der Waals surface area contributed by atoms with E-state index in [0.29, 0.717) is 5.41 Å². The Hall–Kier alpha value is -1.05. The highest BCUT2D eigenvalue weighted by Gasteiger charge is 2.51. The van der Waals surface area contributed by atoms with Gasteiger partial charge in [-0.1, -0.05) is 36.6 Å². The van der Waals surface area contributed by atoms with E-state index in [-0.39, 0.29) is 12.1 Å². The molecule has 2 heteroatoms. The van der Waals surface area contributed by atoms with E-state index in [9.17, 15) is 4.79 Å². The second-order valence-corrected chi connectivity index (χ2v) is 8.79. The van der Waals surface area contributed by atoms with Crippen molar-refractivity contribution in [3.05, 3.63) is 22.8 Å². The summed E-state index contributed by atoms with van der Waals surface area (Å²) in [4.78, 5) is 11.3. The zero-order valence-corrected chi connectivity index (χ0v) is 15.6. The normalized spacial score (nSPS) is 41.2. The molecular formula is C22H32O2. The maximum Gasteiger partial charge on any atom is 0.302 e. The number of hydrogen-bond acceptors (Lipinski definition) is 2. The van der Waals surface area contributed by atoms with Gasteiger partial charge in [0.25, 0.3) is 0 Å². The van der Waals surface area contributed by atoms with Gasteiger partial charge in [0, 0.05) is 13.3 Å². The molecule has 0 radical (unpaired) electrons. The van der Waals surface area contributed by atoms with Crippen LogP contribution in [-0.2, 0) is 9.53 Å². The fourth-order valence-corrected chi connectivity index (χ4v) is 6.65. The van der Waals surface area contributed by atoms with Crippen molar-refractivity contribution >= 4 is 5.97 Å². The van der Waals surface area contributed by atoms with Crippen molar-refractivity contribution < 1.29 is 9.53 Å². The zero-order chi connectivity index (χ0) is 16.9. The summed E-state index contributed by atoms with van der Waals surface area (Å²) >= 11 is 0. The van der Waals surface area contributed by atoms with Gasteiger partial charge in [-0.05, 0) is 74.5 Å². The van der Waals surface area contributed by atoms with E-state index < -0.39 is 0 Å². The average Bonchev–Trinajstić information content (AvgIpc) is 2.98. The molecule has 4 aliphatic carbocycles. The molecule has 0 heterocycles. The van der Waals surface area contributed by atoms with E-state index in [1.54, 1.807) is 18.1 Å². The lowest BCUT2D eigenvalue weighted by molar-refractivity contribution is -0.148. The van der Waals surface area contributed by atoms with Crippen molar-refractivity contribution in [2.75, 3.05) is 0 Å².